The lowest BCUT2D eigenvalue weighted by molar-refractivity contribution is -0.143. The molecule has 3 aromatic carbocycles. The highest BCUT2D eigenvalue weighted by molar-refractivity contribution is 5.79. The van der Waals surface area contributed by atoms with E-state index in [1.807, 2.05) is 6.07 Å². The van der Waals surface area contributed by atoms with Gasteiger partial charge in [0.1, 0.15) is 17.0 Å². The van der Waals surface area contributed by atoms with Crippen molar-refractivity contribution in [2.45, 2.75) is 31.0 Å². The fourth-order valence-corrected chi connectivity index (χ4v) is 3.79. The smallest absolute Gasteiger partial charge is 0.416 e. The van der Waals surface area contributed by atoms with Gasteiger partial charge in [-0.15, -0.1) is 0 Å². The van der Waals surface area contributed by atoms with Crippen molar-refractivity contribution >= 4 is 5.97 Å². The number of fused-ring (bicyclic) bond motifs is 1. The third-order valence-corrected chi connectivity index (χ3v) is 5.54. The van der Waals surface area contributed by atoms with Gasteiger partial charge in [-0.05, 0) is 71.5 Å². The first-order valence-electron chi connectivity index (χ1n) is 9.74. The Kier molecular flexibility index (Phi) is 5.23. The van der Waals surface area contributed by atoms with Crippen LogP contribution in [0.1, 0.15) is 23.1 Å². The number of carboxylic acid groups (broad SMARTS) is 1. The van der Waals surface area contributed by atoms with Gasteiger partial charge in [-0.2, -0.15) is 13.2 Å². The molecular weight excluding hydrogens is 407 g/mol. The minimum absolute atomic E-state index is 0.207. The minimum Gasteiger partial charge on any atom is -0.480 e. The summed E-state index contributed by atoms with van der Waals surface area (Å²) in [6.07, 6.45) is -3.27. The average molecular weight is 427 g/mol. The topological polar surface area (TPSA) is 72.6 Å². The molecule has 4 rings (SSSR count). The highest BCUT2D eigenvalue weighted by atomic mass is 19.4. The molecule has 7 heteroatoms. The van der Waals surface area contributed by atoms with Gasteiger partial charge in [-0.3, -0.25) is 4.79 Å². The average Bonchev–Trinajstić information content (AvgIpc) is 2.73. The van der Waals surface area contributed by atoms with Crippen molar-refractivity contribution in [3.05, 3.63) is 83.4 Å². The van der Waals surface area contributed by atoms with Crippen molar-refractivity contribution in [2.24, 2.45) is 5.73 Å². The predicted octanol–water partition coefficient (Wildman–Crippen LogP) is 5.44. The molecule has 1 atom stereocenters. The molecule has 3 aromatic rings. The van der Waals surface area contributed by atoms with Crippen LogP contribution in [0.2, 0.25) is 0 Å². The first-order chi connectivity index (χ1) is 14.6. The van der Waals surface area contributed by atoms with Gasteiger partial charge in [-0.25, -0.2) is 0 Å². The number of alkyl halides is 3. The number of ether oxygens (including phenoxy) is 1. The van der Waals surface area contributed by atoms with Crippen molar-refractivity contribution in [2.75, 3.05) is 0 Å². The van der Waals surface area contributed by atoms with E-state index in [9.17, 15) is 23.1 Å². The van der Waals surface area contributed by atoms with Crippen LogP contribution in [0, 0.1) is 0 Å². The van der Waals surface area contributed by atoms with E-state index in [0.29, 0.717) is 35.5 Å². The molecule has 0 radical (unpaired) electrons. The number of benzene rings is 3. The summed E-state index contributed by atoms with van der Waals surface area (Å²) in [6.45, 7) is 0. The van der Waals surface area contributed by atoms with E-state index in [2.05, 4.69) is 0 Å². The first kappa shape index (κ1) is 20.9. The van der Waals surface area contributed by atoms with Crippen LogP contribution in [0.3, 0.4) is 0 Å². The fraction of sp³-hybridized carbons (Fsp3) is 0.208. The van der Waals surface area contributed by atoms with Crippen molar-refractivity contribution in [3.8, 4) is 22.6 Å². The normalized spacial score (nSPS) is 18.3. The fourth-order valence-electron chi connectivity index (χ4n) is 3.79. The molecule has 3 N–H and O–H groups in total. The third-order valence-electron chi connectivity index (χ3n) is 5.54. The number of rotatable bonds is 4. The van der Waals surface area contributed by atoms with Gasteiger partial charge in [0.2, 0.25) is 0 Å². The van der Waals surface area contributed by atoms with Crippen LogP contribution >= 0.6 is 0 Å². The van der Waals surface area contributed by atoms with E-state index in [0.717, 1.165) is 23.3 Å². The van der Waals surface area contributed by atoms with E-state index in [1.165, 1.54) is 6.07 Å². The standard InChI is InChI=1S/C24H20F3NO3/c25-24(26,27)19-5-1-3-16(11-19)17-4-2-6-20(12-17)31-21-8-7-15-9-10-23(28,22(29)30)14-18(15)13-21/h1-8,11-13H,9-10,14,28H2,(H,29,30). The molecular formula is C24H20F3NO3. The Hall–Kier alpha value is -3.32. The summed E-state index contributed by atoms with van der Waals surface area (Å²) in [6, 6.07) is 17.4. The van der Waals surface area contributed by atoms with E-state index < -0.39 is 23.2 Å². The van der Waals surface area contributed by atoms with Crippen molar-refractivity contribution in [1.29, 1.82) is 0 Å². The summed E-state index contributed by atoms with van der Waals surface area (Å²) in [4.78, 5) is 11.5. The number of carboxylic acids is 1. The summed E-state index contributed by atoms with van der Waals surface area (Å²) in [5.74, 6) is -0.0595. The molecule has 0 aromatic heterocycles. The lowest BCUT2D eigenvalue weighted by atomic mass is 9.78. The lowest BCUT2D eigenvalue weighted by Crippen LogP contribution is -2.52. The lowest BCUT2D eigenvalue weighted by Gasteiger charge is -2.31. The second-order valence-corrected chi connectivity index (χ2v) is 7.78. The molecule has 0 bridgehead atoms. The maximum Gasteiger partial charge on any atom is 0.416 e. The van der Waals surface area contributed by atoms with Gasteiger partial charge in [0.05, 0.1) is 5.56 Å². The summed E-state index contributed by atoms with van der Waals surface area (Å²) in [5.41, 5.74) is 6.89. The van der Waals surface area contributed by atoms with Gasteiger partial charge < -0.3 is 15.6 Å². The monoisotopic (exact) mass is 427 g/mol. The number of hydrogen-bond acceptors (Lipinski definition) is 3. The van der Waals surface area contributed by atoms with E-state index in [4.69, 9.17) is 10.5 Å². The number of aliphatic carboxylic acids is 1. The maximum absolute atomic E-state index is 13.0. The quantitative estimate of drug-likeness (QED) is 0.582. The van der Waals surface area contributed by atoms with Crippen LogP contribution in [0.15, 0.2) is 66.7 Å². The molecule has 0 saturated carbocycles. The number of halogens is 3. The Morgan fingerprint density at radius 2 is 1.61 bits per heavy atom. The minimum atomic E-state index is -4.42. The van der Waals surface area contributed by atoms with Crippen LogP contribution in [-0.2, 0) is 23.8 Å². The number of nitrogens with two attached hydrogens (primary N) is 1. The molecule has 1 unspecified atom stereocenters. The molecule has 0 saturated heterocycles. The van der Waals surface area contributed by atoms with Crippen molar-refractivity contribution in [3.63, 3.8) is 0 Å². The Morgan fingerprint density at radius 3 is 2.32 bits per heavy atom. The zero-order valence-electron chi connectivity index (χ0n) is 16.4. The van der Waals surface area contributed by atoms with Gasteiger partial charge in [0, 0.05) is 6.42 Å². The SMILES string of the molecule is NC1(C(=O)O)CCc2ccc(Oc3cccc(-c4cccc(C(F)(F)F)c4)c3)cc2C1. The summed E-state index contributed by atoms with van der Waals surface area (Å²) in [5, 5.41) is 9.41. The second kappa shape index (κ2) is 7.74. The van der Waals surface area contributed by atoms with E-state index in [1.54, 1.807) is 42.5 Å². The molecule has 0 aliphatic heterocycles. The predicted molar refractivity (Wildman–Crippen MR) is 110 cm³/mol. The number of aryl methyl sites for hydroxylation is 1. The van der Waals surface area contributed by atoms with Gasteiger partial charge >= 0.3 is 12.1 Å². The van der Waals surface area contributed by atoms with Gasteiger partial charge in [-0.1, -0.05) is 30.3 Å². The summed E-state index contributed by atoms with van der Waals surface area (Å²) < 4.78 is 45.0. The molecule has 31 heavy (non-hydrogen) atoms. The largest absolute Gasteiger partial charge is 0.480 e. The van der Waals surface area contributed by atoms with Crippen molar-refractivity contribution in [1.82, 2.24) is 0 Å². The number of hydrogen-bond donors (Lipinski definition) is 2. The first-order valence-corrected chi connectivity index (χ1v) is 9.74. The zero-order chi connectivity index (χ0) is 22.2. The van der Waals surface area contributed by atoms with Crippen LogP contribution in [-0.4, -0.2) is 16.6 Å². The number of carbonyl (C=O) groups is 1. The van der Waals surface area contributed by atoms with E-state index >= 15 is 0 Å². The summed E-state index contributed by atoms with van der Waals surface area (Å²) in [7, 11) is 0. The maximum atomic E-state index is 13.0. The molecule has 0 amide bonds. The van der Waals surface area contributed by atoms with Crippen molar-refractivity contribution < 1.29 is 27.8 Å². The Labute approximate surface area is 177 Å². The van der Waals surface area contributed by atoms with E-state index in [-0.39, 0.29) is 6.42 Å². The summed E-state index contributed by atoms with van der Waals surface area (Å²) >= 11 is 0. The van der Waals surface area contributed by atoms with Crippen LogP contribution in [0.4, 0.5) is 13.2 Å². The van der Waals surface area contributed by atoms with Crippen LogP contribution in [0.25, 0.3) is 11.1 Å². The van der Waals surface area contributed by atoms with Crippen LogP contribution in [0.5, 0.6) is 11.5 Å². The molecule has 0 spiro atoms. The molecule has 1 aliphatic rings. The molecule has 4 nitrogen and oxygen atoms in total. The van der Waals surface area contributed by atoms with Gasteiger partial charge in [0.25, 0.3) is 0 Å². The molecule has 0 fully saturated rings. The molecule has 1 aliphatic carbocycles. The third kappa shape index (κ3) is 4.41. The Balaban J connectivity index is 1.59. The van der Waals surface area contributed by atoms with Crippen LogP contribution < -0.4 is 10.5 Å². The Bertz CT molecular complexity index is 1140. The zero-order valence-corrected chi connectivity index (χ0v) is 16.4. The Morgan fingerprint density at radius 1 is 0.935 bits per heavy atom. The van der Waals surface area contributed by atoms with Gasteiger partial charge in [0.15, 0.2) is 0 Å². The molecule has 160 valence electrons. The highest BCUT2D eigenvalue weighted by Crippen LogP contribution is 2.35. The highest BCUT2D eigenvalue weighted by Gasteiger charge is 2.37. The molecule has 0 heterocycles. The second-order valence-electron chi connectivity index (χ2n) is 7.78.